The molecule has 1 unspecified atom stereocenters. The summed E-state index contributed by atoms with van der Waals surface area (Å²) in [5.41, 5.74) is 0.167. The number of ether oxygens (including phenoxy) is 1. The Morgan fingerprint density at radius 3 is 2.70 bits per heavy atom. The van der Waals surface area contributed by atoms with E-state index in [4.69, 9.17) is 9.84 Å². The van der Waals surface area contributed by atoms with Gasteiger partial charge in [0.2, 0.25) is 0 Å². The van der Waals surface area contributed by atoms with E-state index in [-0.39, 0.29) is 24.0 Å². The maximum Gasteiger partial charge on any atom is 0.320 e. The summed E-state index contributed by atoms with van der Waals surface area (Å²) in [5.74, 6) is -0.886. The van der Waals surface area contributed by atoms with Crippen LogP contribution in [0.5, 0.6) is 0 Å². The molecule has 1 atom stereocenters. The molecular formula is C14H24N2O4. The second kappa shape index (κ2) is 5.99. The third-order valence-electron chi connectivity index (χ3n) is 3.98. The number of urea groups is 1. The second-order valence-electron chi connectivity index (χ2n) is 6.51. The first-order chi connectivity index (χ1) is 9.37. The topological polar surface area (TPSA) is 70.1 Å². The zero-order valence-electron chi connectivity index (χ0n) is 12.3. The third-order valence-corrected chi connectivity index (χ3v) is 3.98. The highest BCUT2D eigenvalue weighted by molar-refractivity contribution is 5.75. The zero-order valence-corrected chi connectivity index (χ0v) is 12.3. The number of hydrogen-bond donors (Lipinski definition) is 1. The van der Waals surface area contributed by atoms with Crippen LogP contribution >= 0.6 is 0 Å². The van der Waals surface area contributed by atoms with Crippen LogP contribution in [0.3, 0.4) is 0 Å². The molecule has 20 heavy (non-hydrogen) atoms. The summed E-state index contributed by atoms with van der Waals surface area (Å²) in [5, 5.41) is 8.81. The van der Waals surface area contributed by atoms with Crippen molar-refractivity contribution in [1.29, 1.82) is 0 Å². The lowest BCUT2D eigenvalue weighted by molar-refractivity contribution is -0.141. The number of carbonyl (C=O) groups is 2. The van der Waals surface area contributed by atoms with Crippen LogP contribution in [0.15, 0.2) is 0 Å². The van der Waals surface area contributed by atoms with Gasteiger partial charge in [-0.15, -0.1) is 0 Å². The molecule has 0 saturated carbocycles. The highest BCUT2D eigenvalue weighted by Gasteiger charge is 2.33. The molecule has 0 aromatic carbocycles. The largest absolute Gasteiger partial charge is 0.481 e. The van der Waals surface area contributed by atoms with Crippen molar-refractivity contribution in [3.8, 4) is 0 Å². The number of carboxylic acid groups (broad SMARTS) is 1. The molecule has 6 nitrogen and oxygen atoms in total. The Bertz CT molecular complexity index is 383. The lowest BCUT2D eigenvalue weighted by Gasteiger charge is -2.42. The van der Waals surface area contributed by atoms with Gasteiger partial charge in [0.25, 0.3) is 0 Å². The SMILES string of the molecule is CC1(C)CCCN(C(=O)N2CCOC(CC(=O)O)C2)C1. The molecule has 0 aliphatic carbocycles. The van der Waals surface area contributed by atoms with Crippen LogP contribution in [0.2, 0.25) is 0 Å². The summed E-state index contributed by atoms with van der Waals surface area (Å²) >= 11 is 0. The van der Waals surface area contributed by atoms with Crippen LogP contribution in [0.4, 0.5) is 4.79 Å². The van der Waals surface area contributed by atoms with Crippen LogP contribution in [-0.4, -0.2) is 65.8 Å². The van der Waals surface area contributed by atoms with Gasteiger partial charge in [-0.3, -0.25) is 4.79 Å². The van der Waals surface area contributed by atoms with E-state index in [1.165, 1.54) is 0 Å². The van der Waals surface area contributed by atoms with Gasteiger partial charge in [-0.25, -0.2) is 4.79 Å². The Hall–Kier alpha value is -1.30. The van der Waals surface area contributed by atoms with Gasteiger partial charge in [0.1, 0.15) is 0 Å². The van der Waals surface area contributed by atoms with E-state index in [0.29, 0.717) is 19.7 Å². The number of hydrogen-bond acceptors (Lipinski definition) is 3. The molecule has 6 heteroatoms. The average molecular weight is 284 g/mol. The van der Waals surface area contributed by atoms with Crippen molar-refractivity contribution in [2.24, 2.45) is 5.41 Å². The van der Waals surface area contributed by atoms with E-state index >= 15 is 0 Å². The standard InChI is InChI=1S/C14H24N2O4/c1-14(2)4-3-5-16(10-14)13(19)15-6-7-20-11(9-15)8-12(17)18/h11H,3-10H2,1-2H3,(H,17,18). The van der Waals surface area contributed by atoms with Gasteiger partial charge in [-0.1, -0.05) is 13.8 Å². The van der Waals surface area contributed by atoms with Gasteiger partial charge in [0, 0.05) is 26.2 Å². The third kappa shape index (κ3) is 3.85. The summed E-state index contributed by atoms with van der Waals surface area (Å²) in [7, 11) is 0. The van der Waals surface area contributed by atoms with E-state index in [2.05, 4.69) is 13.8 Å². The lowest BCUT2D eigenvalue weighted by Crippen LogP contribution is -2.54. The Morgan fingerprint density at radius 2 is 2.05 bits per heavy atom. The predicted octanol–water partition coefficient (Wildman–Crippen LogP) is 1.40. The number of nitrogens with zero attached hydrogens (tertiary/aromatic N) is 2. The number of aliphatic carboxylic acids is 1. The summed E-state index contributed by atoms with van der Waals surface area (Å²) in [6, 6.07) is 0.0245. The monoisotopic (exact) mass is 284 g/mol. The summed E-state index contributed by atoms with van der Waals surface area (Å²) in [6.45, 7) is 7.27. The molecule has 2 aliphatic heterocycles. The fourth-order valence-corrected chi connectivity index (χ4v) is 3.00. The van der Waals surface area contributed by atoms with Crippen LogP contribution in [0.1, 0.15) is 33.1 Å². The van der Waals surface area contributed by atoms with Gasteiger partial charge in [-0.2, -0.15) is 0 Å². The first kappa shape index (κ1) is 15.1. The Labute approximate surface area is 119 Å². The molecule has 2 aliphatic rings. The summed E-state index contributed by atoms with van der Waals surface area (Å²) < 4.78 is 5.40. The van der Waals surface area contributed by atoms with E-state index in [0.717, 1.165) is 25.9 Å². The van der Waals surface area contributed by atoms with Crippen LogP contribution in [0.25, 0.3) is 0 Å². The number of rotatable bonds is 2. The van der Waals surface area contributed by atoms with Crippen molar-refractivity contribution in [2.75, 3.05) is 32.8 Å². The van der Waals surface area contributed by atoms with E-state index in [1.54, 1.807) is 4.90 Å². The van der Waals surface area contributed by atoms with Crippen LogP contribution in [-0.2, 0) is 9.53 Å². The van der Waals surface area contributed by atoms with Gasteiger partial charge >= 0.3 is 12.0 Å². The van der Waals surface area contributed by atoms with Gasteiger partial charge in [0.15, 0.2) is 0 Å². The maximum atomic E-state index is 12.5. The van der Waals surface area contributed by atoms with Gasteiger partial charge < -0.3 is 19.6 Å². The quantitative estimate of drug-likeness (QED) is 0.832. The fourth-order valence-electron chi connectivity index (χ4n) is 3.00. The molecule has 1 N–H and O–H groups in total. The van der Waals surface area contributed by atoms with Crippen molar-refractivity contribution >= 4 is 12.0 Å². The van der Waals surface area contributed by atoms with Gasteiger partial charge in [0.05, 0.1) is 19.1 Å². The molecule has 2 fully saturated rings. The number of carbonyl (C=O) groups excluding carboxylic acids is 1. The summed E-state index contributed by atoms with van der Waals surface area (Å²) in [4.78, 5) is 26.9. The number of morpholine rings is 1. The molecule has 0 aromatic rings. The van der Waals surface area contributed by atoms with Crippen molar-refractivity contribution in [2.45, 2.75) is 39.2 Å². The molecule has 2 amide bonds. The van der Waals surface area contributed by atoms with E-state index in [1.807, 2.05) is 4.90 Å². The number of amides is 2. The van der Waals surface area contributed by atoms with Crippen molar-refractivity contribution in [3.63, 3.8) is 0 Å². The molecule has 2 heterocycles. The minimum Gasteiger partial charge on any atom is -0.481 e. The van der Waals surface area contributed by atoms with Crippen LogP contribution in [0, 0.1) is 5.41 Å². The Kier molecular flexibility index (Phi) is 4.52. The van der Waals surface area contributed by atoms with Gasteiger partial charge in [-0.05, 0) is 18.3 Å². The Morgan fingerprint density at radius 1 is 1.30 bits per heavy atom. The van der Waals surface area contributed by atoms with Crippen molar-refractivity contribution in [1.82, 2.24) is 9.80 Å². The zero-order chi connectivity index (χ0) is 14.8. The van der Waals surface area contributed by atoms with E-state index in [9.17, 15) is 9.59 Å². The highest BCUT2D eigenvalue weighted by atomic mass is 16.5. The summed E-state index contributed by atoms with van der Waals surface area (Å²) in [6.07, 6.45) is 1.74. The smallest absolute Gasteiger partial charge is 0.320 e. The average Bonchev–Trinajstić information content (AvgIpc) is 2.36. The molecular weight excluding hydrogens is 260 g/mol. The maximum absolute atomic E-state index is 12.5. The van der Waals surface area contributed by atoms with Crippen LogP contribution < -0.4 is 0 Å². The number of piperidine rings is 1. The molecule has 2 saturated heterocycles. The van der Waals surface area contributed by atoms with Crippen molar-refractivity contribution < 1.29 is 19.4 Å². The molecule has 114 valence electrons. The minimum absolute atomic E-state index is 0.0245. The predicted molar refractivity (Wildman–Crippen MR) is 73.5 cm³/mol. The normalized spacial score (nSPS) is 26.4. The van der Waals surface area contributed by atoms with E-state index < -0.39 is 5.97 Å². The molecule has 0 bridgehead atoms. The second-order valence-corrected chi connectivity index (χ2v) is 6.51. The molecule has 0 radical (unpaired) electrons. The molecule has 2 rings (SSSR count). The highest BCUT2D eigenvalue weighted by Crippen LogP contribution is 2.29. The first-order valence-corrected chi connectivity index (χ1v) is 7.25. The number of likely N-dealkylation sites (tertiary alicyclic amines) is 1. The molecule has 0 aromatic heterocycles. The number of carboxylic acids is 1. The molecule has 0 spiro atoms. The Balaban J connectivity index is 1.93. The fraction of sp³-hybridized carbons (Fsp3) is 0.857. The lowest BCUT2D eigenvalue weighted by atomic mass is 9.84. The van der Waals surface area contributed by atoms with Crippen molar-refractivity contribution in [3.05, 3.63) is 0 Å². The first-order valence-electron chi connectivity index (χ1n) is 7.25. The minimum atomic E-state index is -0.886.